The van der Waals surface area contributed by atoms with E-state index in [1.165, 1.54) is 11.1 Å². The summed E-state index contributed by atoms with van der Waals surface area (Å²) in [5.74, 6) is 0.980. The first kappa shape index (κ1) is 15.1. The van der Waals surface area contributed by atoms with Crippen molar-refractivity contribution < 1.29 is 0 Å². The Labute approximate surface area is 135 Å². The topological polar surface area (TPSA) is 45.2 Å². The zero-order valence-electron chi connectivity index (χ0n) is 13.8. The summed E-state index contributed by atoms with van der Waals surface area (Å²) >= 11 is 0. The normalized spacial score (nSPS) is 10.6. The van der Waals surface area contributed by atoms with Crippen molar-refractivity contribution in [2.24, 2.45) is 0 Å². The van der Waals surface area contributed by atoms with Gasteiger partial charge >= 0.3 is 6.07 Å². The molecular weight excluding hydrogens is 286 g/mol. The van der Waals surface area contributed by atoms with E-state index in [-0.39, 0.29) is 0 Å². The van der Waals surface area contributed by atoms with Crippen LogP contribution >= 0.6 is 0 Å². The fourth-order valence-electron chi connectivity index (χ4n) is 3.24. The molecule has 0 aliphatic heterocycles. The van der Waals surface area contributed by atoms with Crippen LogP contribution in [0.1, 0.15) is 33.6 Å². The van der Waals surface area contributed by atoms with Gasteiger partial charge < -0.3 is 9.77 Å². The number of rotatable bonds is 2. The largest absolute Gasteiger partial charge is 0.498 e. The van der Waals surface area contributed by atoms with Crippen LogP contribution in [0.5, 0.6) is 0 Å². The Balaban J connectivity index is 2.17. The molecular formula is C19H19N3O. The molecule has 0 bridgehead atoms. The lowest BCUT2D eigenvalue weighted by Gasteiger charge is -2.15. The predicted molar refractivity (Wildman–Crippen MR) is 93.9 cm³/mol. The van der Waals surface area contributed by atoms with Crippen LogP contribution in [0.3, 0.4) is 0 Å². The van der Waals surface area contributed by atoms with Gasteiger partial charge in [0.25, 0.3) is 0 Å². The van der Waals surface area contributed by atoms with Crippen molar-refractivity contribution in [3.05, 3.63) is 74.2 Å². The Morgan fingerprint density at radius 2 is 1.87 bits per heavy atom. The number of fused-ring (bicyclic) bond motifs is 1. The second kappa shape index (κ2) is 5.77. The molecule has 116 valence electrons. The summed E-state index contributed by atoms with van der Waals surface area (Å²) in [6.45, 7) is 8.84. The van der Waals surface area contributed by atoms with Crippen LogP contribution in [0.25, 0.3) is 16.0 Å². The van der Waals surface area contributed by atoms with Crippen molar-refractivity contribution >= 4 is 11.0 Å². The molecule has 0 amide bonds. The quantitative estimate of drug-likeness (QED) is 0.654. The molecule has 23 heavy (non-hydrogen) atoms. The van der Waals surface area contributed by atoms with Gasteiger partial charge in [0, 0.05) is 11.6 Å². The molecule has 0 fully saturated rings. The lowest BCUT2D eigenvalue weighted by atomic mass is 9.94. The van der Waals surface area contributed by atoms with Gasteiger partial charge in [-0.1, -0.05) is 18.2 Å². The molecule has 0 saturated heterocycles. The fourth-order valence-corrected chi connectivity index (χ4v) is 3.24. The van der Waals surface area contributed by atoms with Crippen LogP contribution in [-0.4, -0.2) is 9.55 Å². The molecule has 0 N–H and O–H groups in total. The first-order valence-electron chi connectivity index (χ1n) is 7.63. The molecule has 0 radical (unpaired) electrons. The molecule has 3 rings (SSSR count). The van der Waals surface area contributed by atoms with Crippen LogP contribution in [0.4, 0.5) is 0 Å². The van der Waals surface area contributed by atoms with Crippen molar-refractivity contribution in [2.45, 2.75) is 34.2 Å². The van der Waals surface area contributed by atoms with E-state index in [1.807, 2.05) is 39.0 Å². The Morgan fingerprint density at radius 1 is 1.13 bits per heavy atom. The maximum atomic E-state index is 10.6. The first-order chi connectivity index (χ1) is 11.0. The number of aromatic nitrogens is 2. The van der Waals surface area contributed by atoms with Crippen molar-refractivity contribution in [2.75, 3.05) is 0 Å². The third-order valence-electron chi connectivity index (χ3n) is 4.45. The lowest BCUT2D eigenvalue weighted by molar-refractivity contribution is 0.776. The Hall–Kier alpha value is -2.80. The Kier molecular flexibility index (Phi) is 3.79. The van der Waals surface area contributed by atoms with Crippen molar-refractivity contribution in [3.8, 4) is 6.07 Å². The monoisotopic (exact) mass is 305 g/mol. The molecule has 0 spiro atoms. The van der Waals surface area contributed by atoms with Crippen molar-refractivity contribution in [1.82, 2.24) is 9.55 Å². The van der Waals surface area contributed by atoms with Gasteiger partial charge in [-0.3, -0.25) is 0 Å². The molecule has 1 heterocycles. The predicted octanol–water partition coefficient (Wildman–Crippen LogP) is 4.50. The average molecular weight is 305 g/mol. The number of imidazole rings is 1. The van der Waals surface area contributed by atoms with E-state index in [0.29, 0.717) is 0 Å². The summed E-state index contributed by atoms with van der Waals surface area (Å²) in [6.07, 6.45) is 0. The number of aryl methyl sites for hydroxylation is 3. The standard InChI is InChI=1S/C19H19N3O/c1-12-9-13(2)17(14(3)16(12)10-20-23)11-22-15(4)21-18-7-5-6-8-19(18)22/h5-9H,11H2,1-4H3. The molecule has 3 aromatic rings. The van der Waals surface area contributed by atoms with Crippen molar-refractivity contribution in [3.63, 3.8) is 0 Å². The highest BCUT2D eigenvalue weighted by atomic mass is 16.4. The highest BCUT2D eigenvalue weighted by Gasteiger charge is 2.15. The van der Waals surface area contributed by atoms with Crippen LogP contribution in [0.2, 0.25) is 0 Å². The highest BCUT2D eigenvalue weighted by molar-refractivity contribution is 5.76. The number of hydrogen-bond donors (Lipinski definition) is 0. The SMILES string of the molecule is Cc1cc(C)c(Cn2c(C)nc3ccccc32)c(C)c1C#[N+][O-]. The van der Waals surface area contributed by atoms with Gasteiger partial charge in [-0.25, -0.2) is 4.98 Å². The highest BCUT2D eigenvalue weighted by Crippen LogP contribution is 2.25. The molecule has 0 unspecified atom stereocenters. The minimum absolute atomic E-state index is 0.720. The number of hydrogen-bond acceptors (Lipinski definition) is 2. The summed E-state index contributed by atoms with van der Waals surface area (Å²) in [6, 6.07) is 12.8. The molecule has 4 nitrogen and oxygen atoms in total. The van der Waals surface area contributed by atoms with Crippen LogP contribution in [0.15, 0.2) is 30.3 Å². The summed E-state index contributed by atoms with van der Waals surface area (Å²) in [5, 5.41) is 13.5. The zero-order chi connectivity index (χ0) is 16.6. The molecule has 0 saturated carbocycles. The number of nitrogens with zero attached hydrogens (tertiary/aromatic N) is 3. The van der Waals surface area contributed by atoms with E-state index in [9.17, 15) is 5.21 Å². The first-order valence-corrected chi connectivity index (χ1v) is 7.63. The van der Waals surface area contributed by atoms with Gasteiger partial charge in [-0.2, -0.15) is 0 Å². The van der Waals surface area contributed by atoms with E-state index in [1.54, 1.807) is 0 Å². The molecule has 0 aliphatic carbocycles. The second-order valence-corrected chi connectivity index (χ2v) is 5.93. The van der Waals surface area contributed by atoms with Gasteiger partial charge in [0.05, 0.1) is 11.0 Å². The van der Waals surface area contributed by atoms with Crippen LogP contribution in [-0.2, 0) is 6.54 Å². The van der Waals surface area contributed by atoms with Gasteiger partial charge in [-0.15, -0.1) is 0 Å². The number of para-hydroxylation sites is 2. The summed E-state index contributed by atoms with van der Waals surface area (Å²) < 4.78 is 2.21. The summed E-state index contributed by atoms with van der Waals surface area (Å²) in [5.41, 5.74) is 7.38. The molecule has 0 aliphatic rings. The van der Waals surface area contributed by atoms with Crippen molar-refractivity contribution in [1.29, 1.82) is 0 Å². The van der Waals surface area contributed by atoms with E-state index < -0.39 is 0 Å². The second-order valence-electron chi connectivity index (χ2n) is 5.93. The molecule has 0 atom stereocenters. The smallest absolute Gasteiger partial charge is 0.337 e. The molecule has 4 heteroatoms. The van der Waals surface area contributed by atoms with Gasteiger partial charge in [-0.05, 0) is 62.1 Å². The third kappa shape index (κ3) is 2.55. The van der Waals surface area contributed by atoms with E-state index in [4.69, 9.17) is 0 Å². The Bertz CT molecular complexity index is 958. The van der Waals surface area contributed by atoms with Gasteiger partial charge in [0.15, 0.2) is 0 Å². The van der Waals surface area contributed by atoms with Crippen LogP contribution < -0.4 is 0 Å². The Morgan fingerprint density at radius 3 is 2.61 bits per heavy atom. The average Bonchev–Trinajstić information content (AvgIpc) is 2.83. The summed E-state index contributed by atoms with van der Waals surface area (Å²) in [4.78, 5) is 4.62. The maximum absolute atomic E-state index is 10.6. The number of benzene rings is 2. The third-order valence-corrected chi connectivity index (χ3v) is 4.45. The van der Waals surface area contributed by atoms with E-state index in [0.717, 1.165) is 40.1 Å². The zero-order valence-corrected chi connectivity index (χ0v) is 13.8. The van der Waals surface area contributed by atoms with Gasteiger partial charge in [0.2, 0.25) is 0 Å². The fraction of sp³-hybridized carbons (Fsp3) is 0.263. The summed E-state index contributed by atoms with van der Waals surface area (Å²) in [7, 11) is 0. The van der Waals surface area contributed by atoms with E-state index in [2.05, 4.69) is 39.7 Å². The minimum atomic E-state index is 0.720. The lowest BCUT2D eigenvalue weighted by Crippen LogP contribution is -2.07. The van der Waals surface area contributed by atoms with Gasteiger partial charge in [0.1, 0.15) is 11.4 Å². The molecule has 1 aromatic heterocycles. The maximum Gasteiger partial charge on any atom is 0.337 e. The van der Waals surface area contributed by atoms with E-state index >= 15 is 0 Å². The van der Waals surface area contributed by atoms with Crippen LogP contribution in [0, 0.1) is 39.0 Å². The minimum Gasteiger partial charge on any atom is -0.498 e. The molecule has 2 aromatic carbocycles.